The van der Waals surface area contributed by atoms with Gasteiger partial charge in [0.2, 0.25) is 0 Å². The molecule has 1 aromatic rings. The number of likely N-dealkylation sites (N-methyl/N-ethyl adjacent to an activating group) is 1. The van der Waals surface area contributed by atoms with Gasteiger partial charge < -0.3 is 20.3 Å². The van der Waals surface area contributed by atoms with E-state index in [1.54, 1.807) is 7.11 Å². The number of aliphatic imine (C=N–C) groups is 1. The second-order valence-electron chi connectivity index (χ2n) is 6.76. The SMILES string of the molecule is CCN1CCN(CCNC(=NC)NCCc2ccc(C)c(OC)c2)CC1. The van der Waals surface area contributed by atoms with E-state index >= 15 is 0 Å². The van der Waals surface area contributed by atoms with Crippen molar-refractivity contribution in [3.05, 3.63) is 29.3 Å². The number of methoxy groups -OCH3 is 1. The van der Waals surface area contributed by atoms with Crippen molar-refractivity contribution in [3.8, 4) is 5.75 Å². The van der Waals surface area contributed by atoms with E-state index in [0.29, 0.717) is 0 Å². The third-order valence-corrected chi connectivity index (χ3v) is 5.03. The van der Waals surface area contributed by atoms with Crippen LogP contribution in [0.2, 0.25) is 0 Å². The first kappa shape index (κ1) is 20.5. The Labute approximate surface area is 158 Å². The summed E-state index contributed by atoms with van der Waals surface area (Å²) in [5.74, 6) is 1.82. The van der Waals surface area contributed by atoms with Crippen LogP contribution in [0.25, 0.3) is 0 Å². The summed E-state index contributed by atoms with van der Waals surface area (Å²) in [6, 6.07) is 6.38. The van der Waals surface area contributed by atoms with Gasteiger partial charge in [-0.1, -0.05) is 19.1 Å². The Hall–Kier alpha value is -1.79. The summed E-state index contributed by atoms with van der Waals surface area (Å²) >= 11 is 0. The zero-order valence-electron chi connectivity index (χ0n) is 16.8. The van der Waals surface area contributed by atoms with Gasteiger partial charge in [0.15, 0.2) is 5.96 Å². The smallest absolute Gasteiger partial charge is 0.191 e. The van der Waals surface area contributed by atoms with E-state index in [4.69, 9.17) is 4.74 Å². The lowest BCUT2D eigenvalue weighted by Crippen LogP contribution is -2.49. The topological polar surface area (TPSA) is 52.1 Å². The summed E-state index contributed by atoms with van der Waals surface area (Å²) in [6.07, 6.45) is 0.941. The third kappa shape index (κ3) is 6.50. The molecule has 0 saturated carbocycles. The molecule has 0 aliphatic carbocycles. The summed E-state index contributed by atoms with van der Waals surface area (Å²) < 4.78 is 5.39. The first-order valence-electron chi connectivity index (χ1n) is 9.69. The molecule has 0 radical (unpaired) electrons. The third-order valence-electron chi connectivity index (χ3n) is 5.03. The number of ether oxygens (including phenoxy) is 1. The van der Waals surface area contributed by atoms with Crippen LogP contribution in [0.1, 0.15) is 18.1 Å². The van der Waals surface area contributed by atoms with Crippen molar-refractivity contribution in [3.63, 3.8) is 0 Å². The molecule has 0 amide bonds. The average molecular weight is 362 g/mol. The minimum Gasteiger partial charge on any atom is -0.496 e. The molecule has 0 atom stereocenters. The van der Waals surface area contributed by atoms with Crippen LogP contribution in [0.5, 0.6) is 5.75 Å². The maximum absolute atomic E-state index is 5.39. The Morgan fingerprint density at radius 1 is 1.12 bits per heavy atom. The lowest BCUT2D eigenvalue weighted by atomic mass is 10.1. The van der Waals surface area contributed by atoms with Gasteiger partial charge in [0.1, 0.15) is 5.75 Å². The van der Waals surface area contributed by atoms with Crippen molar-refractivity contribution in [2.24, 2.45) is 4.99 Å². The second-order valence-corrected chi connectivity index (χ2v) is 6.76. The minimum atomic E-state index is 0.848. The van der Waals surface area contributed by atoms with Crippen LogP contribution in [0.15, 0.2) is 23.2 Å². The fraction of sp³-hybridized carbons (Fsp3) is 0.650. The molecule has 1 heterocycles. The zero-order valence-corrected chi connectivity index (χ0v) is 16.8. The Morgan fingerprint density at radius 3 is 2.46 bits per heavy atom. The molecule has 1 fully saturated rings. The number of benzene rings is 1. The van der Waals surface area contributed by atoms with E-state index in [2.05, 4.69) is 57.5 Å². The molecule has 0 aromatic heterocycles. The number of nitrogens with one attached hydrogen (secondary N) is 2. The van der Waals surface area contributed by atoms with Crippen LogP contribution in [-0.2, 0) is 6.42 Å². The van der Waals surface area contributed by atoms with E-state index in [-0.39, 0.29) is 0 Å². The number of guanidine groups is 1. The van der Waals surface area contributed by atoms with Crippen LogP contribution >= 0.6 is 0 Å². The van der Waals surface area contributed by atoms with E-state index in [9.17, 15) is 0 Å². The molecule has 0 bridgehead atoms. The summed E-state index contributed by atoms with van der Waals surface area (Å²) in [6.45, 7) is 13.0. The van der Waals surface area contributed by atoms with Crippen molar-refractivity contribution in [1.82, 2.24) is 20.4 Å². The minimum absolute atomic E-state index is 0.848. The van der Waals surface area contributed by atoms with Crippen molar-refractivity contribution < 1.29 is 4.74 Å². The van der Waals surface area contributed by atoms with Crippen LogP contribution in [0, 0.1) is 6.92 Å². The van der Waals surface area contributed by atoms with Gasteiger partial charge in [-0.3, -0.25) is 9.89 Å². The molecular weight excluding hydrogens is 326 g/mol. The van der Waals surface area contributed by atoms with Crippen LogP contribution < -0.4 is 15.4 Å². The van der Waals surface area contributed by atoms with E-state index in [1.807, 2.05) is 7.05 Å². The standard InChI is InChI=1S/C20H35N5O/c1-5-24-12-14-25(15-13-24)11-10-23-20(21-3)22-9-8-18-7-6-17(2)19(16-18)26-4/h6-7,16H,5,8-15H2,1-4H3,(H2,21,22,23). The molecule has 1 aliphatic rings. The van der Waals surface area contributed by atoms with Crippen molar-refractivity contribution in [2.45, 2.75) is 20.3 Å². The molecule has 1 aliphatic heterocycles. The van der Waals surface area contributed by atoms with E-state index in [0.717, 1.165) is 57.4 Å². The van der Waals surface area contributed by atoms with Crippen molar-refractivity contribution in [2.75, 3.05) is 66.5 Å². The van der Waals surface area contributed by atoms with Crippen LogP contribution in [0.4, 0.5) is 0 Å². The predicted octanol–water partition coefficient (Wildman–Crippen LogP) is 1.35. The molecule has 1 aromatic carbocycles. The maximum atomic E-state index is 5.39. The molecule has 1 saturated heterocycles. The number of aryl methyl sites for hydroxylation is 1. The summed E-state index contributed by atoms with van der Waals surface area (Å²) in [5, 5.41) is 6.81. The molecule has 146 valence electrons. The summed E-state index contributed by atoms with van der Waals surface area (Å²) in [5.41, 5.74) is 2.44. The van der Waals surface area contributed by atoms with Crippen molar-refractivity contribution in [1.29, 1.82) is 0 Å². The highest BCUT2D eigenvalue weighted by atomic mass is 16.5. The Kier molecular flexibility index (Phi) is 8.71. The highest BCUT2D eigenvalue weighted by Crippen LogP contribution is 2.18. The molecule has 0 spiro atoms. The molecule has 2 N–H and O–H groups in total. The Balaban J connectivity index is 1.65. The largest absolute Gasteiger partial charge is 0.496 e. The fourth-order valence-electron chi connectivity index (χ4n) is 3.23. The highest BCUT2D eigenvalue weighted by molar-refractivity contribution is 5.79. The van der Waals surface area contributed by atoms with Gasteiger partial charge in [-0.05, 0) is 37.1 Å². The van der Waals surface area contributed by atoms with Gasteiger partial charge >= 0.3 is 0 Å². The van der Waals surface area contributed by atoms with Gasteiger partial charge in [0, 0.05) is 52.9 Å². The van der Waals surface area contributed by atoms with Gasteiger partial charge in [-0.2, -0.15) is 0 Å². The van der Waals surface area contributed by atoms with Gasteiger partial charge in [0.25, 0.3) is 0 Å². The Morgan fingerprint density at radius 2 is 1.81 bits per heavy atom. The zero-order chi connectivity index (χ0) is 18.8. The molecule has 0 unspecified atom stereocenters. The molecule has 6 nitrogen and oxygen atoms in total. The summed E-state index contributed by atoms with van der Waals surface area (Å²) in [4.78, 5) is 9.34. The van der Waals surface area contributed by atoms with Gasteiger partial charge in [-0.15, -0.1) is 0 Å². The first-order valence-corrected chi connectivity index (χ1v) is 9.69. The fourth-order valence-corrected chi connectivity index (χ4v) is 3.23. The van der Waals surface area contributed by atoms with E-state index in [1.165, 1.54) is 24.2 Å². The average Bonchev–Trinajstić information content (AvgIpc) is 2.68. The van der Waals surface area contributed by atoms with Crippen molar-refractivity contribution >= 4 is 5.96 Å². The van der Waals surface area contributed by atoms with Crippen LogP contribution in [0.3, 0.4) is 0 Å². The number of rotatable bonds is 8. The predicted molar refractivity (Wildman–Crippen MR) is 109 cm³/mol. The van der Waals surface area contributed by atoms with Crippen LogP contribution in [-0.4, -0.2) is 82.3 Å². The second kappa shape index (κ2) is 11.0. The first-order chi connectivity index (χ1) is 12.7. The number of hydrogen-bond donors (Lipinski definition) is 2. The van der Waals surface area contributed by atoms with E-state index < -0.39 is 0 Å². The molecule has 2 rings (SSSR count). The monoisotopic (exact) mass is 361 g/mol. The highest BCUT2D eigenvalue weighted by Gasteiger charge is 2.14. The van der Waals surface area contributed by atoms with Gasteiger partial charge in [0.05, 0.1) is 7.11 Å². The normalized spacial score (nSPS) is 16.5. The quantitative estimate of drug-likeness (QED) is 0.541. The molecular formula is C20H35N5O. The number of nitrogens with zero attached hydrogens (tertiary/aromatic N) is 3. The number of hydrogen-bond acceptors (Lipinski definition) is 4. The molecule has 26 heavy (non-hydrogen) atoms. The Bertz CT molecular complexity index is 567. The maximum Gasteiger partial charge on any atom is 0.191 e. The number of piperazine rings is 1. The molecule has 6 heteroatoms. The lowest BCUT2D eigenvalue weighted by Gasteiger charge is -2.34. The summed E-state index contributed by atoms with van der Waals surface area (Å²) in [7, 11) is 3.54. The lowest BCUT2D eigenvalue weighted by molar-refractivity contribution is 0.139. The van der Waals surface area contributed by atoms with Gasteiger partial charge in [-0.25, -0.2) is 0 Å².